The number of fused-ring (bicyclic) bond motifs is 6. The molecule has 554 valence electrons. The van der Waals surface area contributed by atoms with E-state index in [-0.39, 0.29) is 22.4 Å². The highest BCUT2D eigenvalue weighted by atomic mass is 19.4. The summed E-state index contributed by atoms with van der Waals surface area (Å²) in [5.74, 6) is 4.97. The third-order valence-corrected chi connectivity index (χ3v) is 20.7. The van der Waals surface area contributed by atoms with Gasteiger partial charge in [0, 0.05) is 105 Å². The highest BCUT2D eigenvalue weighted by Crippen LogP contribution is 2.48. The molecule has 0 amide bonds. The van der Waals surface area contributed by atoms with Gasteiger partial charge in [0.05, 0.1) is 45.8 Å². The Bertz CT molecular complexity index is 6420. The third-order valence-electron chi connectivity index (χ3n) is 20.7. The van der Waals surface area contributed by atoms with Crippen molar-refractivity contribution in [2.45, 2.75) is 6.18 Å². The van der Waals surface area contributed by atoms with E-state index in [1.165, 1.54) is 6.07 Å². The quantitative estimate of drug-likeness (QED) is 0.0881. The van der Waals surface area contributed by atoms with Crippen molar-refractivity contribution < 1.29 is 13.2 Å². The lowest BCUT2D eigenvalue weighted by molar-refractivity contribution is -0.137. The van der Waals surface area contributed by atoms with E-state index in [1.807, 2.05) is 325 Å². The number of rotatable bonds is 15. The average molecular weight is 1530 g/mol. The molecule has 0 spiro atoms. The maximum Gasteiger partial charge on any atom is 0.416 e. The van der Waals surface area contributed by atoms with Gasteiger partial charge in [-0.25, -0.2) is 64.7 Å². The summed E-state index contributed by atoms with van der Waals surface area (Å²) in [6.07, 6.45) is -4.94. The Morgan fingerprint density at radius 3 is 0.678 bits per heavy atom. The molecule has 14 aromatic carbocycles. The van der Waals surface area contributed by atoms with Crippen molar-refractivity contribution in [3.05, 3.63) is 368 Å². The Morgan fingerprint density at radius 1 is 0.254 bits per heavy atom. The summed E-state index contributed by atoms with van der Waals surface area (Å²) in [6, 6.07) is 110. The van der Waals surface area contributed by atoms with Gasteiger partial charge in [-0.2, -0.15) is 18.4 Å². The van der Waals surface area contributed by atoms with Crippen molar-refractivity contribution >= 4 is 49.3 Å². The Morgan fingerprint density at radius 2 is 0.475 bits per heavy atom. The fraction of sp³-hybridized carbons (Fsp3) is 0.0101. The number of alkyl halides is 3. The summed E-state index contributed by atoms with van der Waals surface area (Å²) in [6.45, 7) is 9.16. The highest BCUT2D eigenvalue weighted by molar-refractivity contribution is 6.15. The Labute approximate surface area is 672 Å². The second-order valence-electron chi connectivity index (χ2n) is 28.1. The lowest BCUT2D eigenvalue weighted by Crippen LogP contribution is -2.08. The first-order valence-corrected chi connectivity index (χ1v) is 37.8. The molecule has 0 aliphatic carbocycles. The molecule has 0 aliphatic heterocycles. The lowest BCUT2D eigenvalue weighted by atomic mass is 9.95. The van der Waals surface area contributed by atoms with Gasteiger partial charge in [0.2, 0.25) is 0 Å². The summed E-state index contributed by atoms with van der Waals surface area (Å²) >= 11 is 0. The molecule has 0 saturated heterocycles. The number of halogens is 3. The molecule has 6 heterocycles. The molecule has 6 aromatic heterocycles. The topological polar surface area (TPSA) is 193 Å². The summed E-state index contributed by atoms with van der Waals surface area (Å²) in [7, 11) is 0. The van der Waals surface area contributed by atoms with E-state index in [4.69, 9.17) is 66.4 Å². The van der Waals surface area contributed by atoms with Gasteiger partial charge in [-0.1, -0.05) is 243 Å². The zero-order valence-electron chi connectivity index (χ0n) is 62.2. The van der Waals surface area contributed by atoms with Crippen LogP contribution in [0.3, 0.4) is 0 Å². The maximum atomic E-state index is 16.0. The van der Waals surface area contributed by atoms with Crippen LogP contribution in [-0.2, 0) is 6.18 Å². The van der Waals surface area contributed by atoms with Gasteiger partial charge in [0.15, 0.2) is 75.6 Å². The predicted molar refractivity (Wildman–Crippen MR) is 455 cm³/mol. The molecule has 0 atom stereocenters. The van der Waals surface area contributed by atoms with Crippen LogP contribution in [0.2, 0.25) is 0 Å². The predicted octanol–water partition coefficient (Wildman–Crippen LogP) is 23.7. The van der Waals surface area contributed by atoms with Crippen molar-refractivity contribution in [2.75, 3.05) is 0 Å². The monoisotopic (exact) mass is 1530 g/mol. The van der Waals surface area contributed by atoms with Crippen LogP contribution in [-0.4, -0.2) is 68.9 Å². The number of aromatic nitrogens is 14. The summed E-state index contributed by atoms with van der Waals surface area (Å²) in [5, 5.41) is 13.6. The minimum atomic E-state index is -4.94. The average Bonchev–Trinajstić information content (AvgIpc) is 1.49. The van der Waals surface area contributed by atoms with Crippen LogP contribution in [0.1, 0.15) is 11.1 Å². The van der Waals surface area contributed by atoms with E-state index >= 15 is 13.2 Å². The SMILES string of the molecule is [C-]#[N+]c1cc(-n2c3ccc(-c4nc(-c5ccccc5)nc(-c5ccccc5)n4)cc3c3cc(-c4nc(-c5ccccc5)nc(-c5ccccc5)n4)ccc32)c(-c2cc(C#N)cc(C(F)(F)F)c2)c(-n2c3ccc(-c4nc(-c5ccccc5)nc(-c5ccccc5)n4)cc3c3cc(-c4nc(-c5ccccc5)nc(-c5ccccc5)n4)ccc32)c1. The van der Waals surface area contributed by atoms with Crippen molar-refractivity contribution in [3.8, 4) is 165 Å². The Hall–Kier alpha value is -16.5. The number of benzene rings is 14. The smallest absolute Gasteiger partial charge is 0.310 e. The normalized spacial score (nSPS) is 11.5. The van der Waals surface area contributed by atoms with Gasteiger partial charge < -0.3 is 9.13 Å². The Kier molecular flexibility index (Phi) is 17.7. The fourth-order valence-electron chi connectivity index (χ4n) is 15.2. The molecule has 0 N–H and O–H groups in total. The van der Waals surface area contributed by atoms with Crippen LogP contribution >= 0.6 is 0 Å². The summed E-state index contributed by atoms with van der Waals surface area (Å²) in [4.78, 5) is 65.8. The first-order valence-electron chi connectivity index (χ1n) is 37.8. The molecule has 20 rings (SSSR count). The van der Waals surface area contributed by atoms with Gasteiger partial charge in [-0.3, -0.25) is 0 Å². The summed E-state index contributed by atoms with van der Waals surface area (Å²) < 4.78 is 51.8. The number of nitriles is 1. The zero-order valence-corrected chi connectivity index (χ0v) is 62.2. The maximum absolute atomic E-state index is 16.0. The van der Waals surface area contributed by atoms with Crippen LogP contribution in [0.25, 0.3) is 208 Å². The molecule has 0 fully saturated rings. The van der Waals surface area contributed by atoms with Gasteiger partial charge in [0.25, 0.3) is 0 Å². The molecular weight excluding hydrogens is 1470 g/mol. The van der Waals surface area contributed by atoms with E-state index in [2.05, 4.69) is 10.9 Å². The number of nitrogens with zero attached hydrogens (tertiary/aromatic N) is 16. The first-order chi connectivity index (χ1) is 58.0. The molecule has 0 aliphatic rings. The molecule has 0 saturated carbocycles. The minimum absolute atomic E-state index is 0.0256. The molecule has 0 unspecified atom stereocenters. The zero-order chi connectivity index (χ0) is 79.4. The molecule has 16 nitrogen and oxygen atoms in total. The van der Waals surface area contributed by atoms with Crippen molar-refractivity contribution in [1.29, 1.82) is 5.26 Å². The van der Waals surface area contributed by atoms with Gasteiger partial charge in [-0.05, 0) is 109 Å². The highest BCUT2D eigenvalue weighted by Gasteiger charge is 2.34. The van der Waals surface area contributed by atoms with E-state index < -0.39 is 11.7 Å². The van der Waals surface area contributed by atoms with E-state index in [0.29, 0.717) is 147 Å². The van der Waals surface area contributed by atoms with Gasteiger partial charge in [0.1, 0.15) is 0 Å². The van der Waals surface area contributed by atoms with Crippen molar-refractivity contribution in [1.82, 2.24) is 68.9 Å². The van der Waals surface area contributed by atoms with E-state index in [0.717, 1.165) is 56.6 Å². The second kappa shape index (κ2) is 29.5. The Balaban J connectivity index is 0.882. The number of hydrogen-bond donors (Lipinski definition) is 0. The molecule has 0 radical (unpaired) electrons. The lowest BCUT2D eigenvalue weighted by Gasteiger charge is -2.22. The molecular formula is C99H57F3N16. The fourth-order valence-corrected chi connectivity index (χ4v) is 15.2. The molecule has 118 heavy (non-hydrogen) atoms. The standard InChI is InChI=1S/C99H57F3N16/c1-104-75-57-84(117-80-46-42-69(95-109-87(61-26-10-2-11-27-61)105-88(110-95)62-28-12-3-13-29-62)53-76(80)77-54-70(43-47-81(77)117)96-111-89(63-30-14-4-15-31-63)106-90(112-96)64-32-16-5-17-33-64)86(73-50-60(59-103)51-74(52-73)99(100,101)102)85(58-75)118-82-48-44-71(97-113-91(65-34-18-6-19-35-65)107-92(114-97)66-36-20-7-21-37-66)55-78(82)79-56-72(45-49-83(79)118)98-115-93(67-38-22-8-23-39-67)108-94(116-98)68-40-24-9-25-41-68/h2-58H. The second-order valence-corrected chi connectivity index (χ2v) is 28.1. The van der Waals surface area contributed by atoms with E-state index in [9.17, 15) is 5.26 Å². The molecule has 20 aromatic rings. The largest absolute Gasteiger partial charge is 0.416 e. The van der Waals surface area contributed by atoms with Gasteiger partial charge >= 0.3 is 6.18 Å². The van der Waals surface area contributed by atoms with Crippen LogP contribution < -0.4 is 0 Å². The van der Waals surface area contributed by atoms with Crippen LogP contribution in [0.4, 0.5) is 18.9 Å². The van der Waals surface area contributed by atoms with Gasteiger partial charge in [-0.15, -0.1) is 0 Å². The number of hydrogen-bond acceptors (Lipinski definition) is 13. The van der Waals surface area contributed by atoms with Crippen LogP contribution in [0.5, 0.6) is 0 Å². The van der Waals surface area contributed by atoms with Crippen molar-refractivity contribution in [3.63, 3.8) is 0 Å². The molecule has 0 bridgehead atoms. The minimum Gasteiger partial charge on any atom is -0.310 e. The van der Waals surface area contributed by atoms with Crippen LogP contribution in [0, 0.1) is 17.9 Å². The third kappa shape index (κ3) is 13.3. The first kappa shape index (κ1) is 70.6. The van der Waals surface area contributed by atoms with Crippen molar-refractivity contribution in [2.24, 2.45) is 0 Å². The van der Waals surface area contributed by atoms with Crippen LogP contribution in [0.15, 0.2) is 346 Å². The summed E-state index contributed by atoms with van der Waals surface area (Å²) in [5.41, 5.74) is 10.5. The van der Waals surface area contributed by atoms with E-state index in [1.54, 1.807) is 12.1 Å². The molecule has 19 heteroatoms.